The Kier molecular flexibility index (Phi) is 3.46. The predicted octanol–water partition coefficient (Wildman–Crippen LogP) is 3.60. The molecule has 0 aliphatic carbocycles. The zero-order valence-electron chi connectivity index (χ0n) is 13.3. The lowest BCUT2D eigenvalue weighted by Crippen LogP contribution is -2.15. The van der Waals surface area contributed by atoms with Gasteiger partial charge in [0, 0.05) is 54.4 Å². The van der Waals surface area contributed by atoms with E-state index in [-0.39, 0.29) is 10.6 Å². The molecule has 0 spiro atoms. The van der Waals surface area contributed by atoms with Crippen LogP contribution in [0.25, 0.3) is 10.9 Å². The molecule has 0 amide bonds. The Hall–Kier alpha value is -2.86. The lowest BCUT2D eigenvalue weighted by atomic mass is 10.1. The number of non-ortho nitro benzene ring substituents is 1. The highest BCUT2D eigenvalue weighted by molar-refractivity contribution is 5.85. The van der Waals surface area contributed by atoms with Gasteiger partial charge in [-0.1, -0.05) is 12.1 Å². The van der Waals surface area contributed by atoms with Crippen LogP contribution >= 0.6 is 0 Å². The topological polar surface area (TPSA) is 71.4 Å². The minimum atomic E-state index is -0.354. The first kappa shape index (κ1) is 14.7. The lowest BCUT2D eigenvalue weighted by molar-refractivity contribution is -0.384. The van der Waals surface area contributed by atoms with Gasteiger partial charge in [0.15, 0.2) is 0 Å². The number of aromatic amines is 1. The van der Waals surface area contributed by atoms with E-state index >= 15 is 0 Å². The van der Waals surface area contributed by atoms with Crippen molar-refractivity contribution in [2.75, 3.05) is 7.11 Å². The van der Waals surface area contributed by atoms with Gasteiger partial charge in [0.05, 0.1) is 12.0 Å². The van der Waals surface area contributed by atoms with Crippen molar-refractivity contribution >= 4 is 16.6 Å². The number of nitro groups is 1. The van der Waals surface area contributed by atoms with Gasteiger partial charge in [-0.2, -0.15) is 0 Å². The van der Waals surface area contributed by atoms with Crippen LogP contribution in [0.4, 0.5) is 5.69 Å². The molecular weight excluding hydrogens is 306 g/mol. The Morgan fingerprint density at radius 2 is 2.17 bits per heavy atom. The number of hydrogen-bond acceptors (Lipinski definition) is 4. The van der Waals surface area contributed by atoms with Crippen LogP contribution in [0.3, 0.4) is 0 Å². The van der Waals surface area contributed by atoms with Crippen LogP contribution in [0.5, 0.6) is 5.75 Å². The van der Waals surface area contributed by atoms with Crippen LogP contribution in [0, 0.1) is 10.1 Å². The van der Waals surface area contributed by atoms with Crippen molar-refractivity contribution in [1.29, 1.82) is 0 Å². The van der Waals surface area contributed by atoms with Gasteiger partial charge >= 0.3 is 0 Å². The van der Waals surface area contributed by atoms with E-state index in [0.717, 1.165) is 41.9 Å². The highest BCUT2D eigenvalue weighted by Crippen LogP contribution is 2.33. The van der Waals surface area contributed by atoms with E-state index in [0.29, 0.717) is 0 Å². The molecule has 0 bridgehead atoms. The maximum atomic E-state index is 11.0. The average Bonchev–Trinajstić information content (AvgIpc) is 3.18. The standard InChI is InChI=1S/C18H17N3O3/c1-24-18-4-2-3-12-9-20(11-16(12)18)10-13-8-19-17-6-5-14(21(22)23)7-15(13)17/h2-8,19H,9-11H2,1H3. The molecule has 2 heterocycles. The molecule has 1 aliphatic rings. The summed E-state index contributed by atoms with van der Waals surface area (Å²) in [5.74, 6) is 0.921. The fourth-order valence-corrected chi connectivity index (χ4v) is 3.41. The van der Waals surface area contributed by atoms with Crippen molar-refractivity contribution < 1.29 is 9.66 Å². The molecule has 0 radical (unpaired) electrons. The molecule has 122 valence electrons. The molecule has 0 saturated heterocycles. The van der Waals surface area contributed by atoms with Crippen LogP contribution in [-0.4, -0.2) is 21.9 Å². The summed E-state index contributed by atoms with van der Waals surface area (Å²) in [6.45, 7) is 2.41. The molecule has 0 atom stereocenters. The molecule has 6 nitrogen and oxygen atoms in total. The number of methoxy groups -OCH3 is 1. The number of hydrogen-bond donors (Lipinski definition) is 1. The fourth-order valence-electron chi connectivity index (χ4n) is 3.41. The summed E-state index contributed by atoms with van der Waals surface area (Å²) in [6.07, 6.45) is 1.94. The SMILES string of the molecule is COc1cccc2c1CN(Cc1c[nH]c3ccc([N+](=O)[O-])cc13)C2. The Bertz CT molecular complexity index is 932. The van der Waals surface area contributed by atoms with Crippen molar-refractivity contribution in [3.8, 4) is 5.75 Å². The Labute approximate surface area is 138 Å². The third-order valence-electron chi connectivity index (χ3n) is 4.58. The third-order valence-corrected chi connectivity index (χ3v) is 4.58. The molecule has 1 aliphatic heterocycles. The summed E-state index contributed by atoms with van der Waals surface area (Å²) < 4.78 is 5.45. The van der Waals surface area contributed by atoms with Crippen molar-refractivity contribution in [3.05, 3.63) is 69.4 Å². The summed E-state index contributed by atoms with van der Waals surface area (Å²) in [6, 6.07) is 11.1. The summed E-state index contributed by atoms with van der Waals surface area (Å²) in [5.41, 5.74) is 4.62. The maximum absolute atomic E-state index is 11.0. The van der Waals surface area contributed by atoms with E-state index in [1.54, 1.807) is 19.2 Å². The first-order valence-electron chi connectivity index (χ1n) is 7.77. The summed E-state index contributed by atoms with van der Waals surface area (Å²) in [7, 11) is 1.69. The number of ether oxygens (including phenoxy) is 1. The summed E-state index contributed by atoms with van der Waals surface area (Å²) in [4.78, 5) is 16.2. The van der Waals surface area contributed by atoms with E-state index in [4.69, 9.17) is 4.74 Å². The van der Waals surface area contributed by atoms with Gasteiger partial charge in [-0.3, -0.25) is 15.0 Å². The first-order chi connectivity index (χ1) is 11.7. The van der Waals surface area contributed by atoms with E-state index in [1.165, 1.54) is 17.2 Å². The Balaban J connectivity index is 1.62. The van der Waals surface area contributed by atoms with Crippen LogP contribution in [0.2, 0.25) is 0 Å². The molecule has 1 N–H and O–H groups in total. The quantitative estimate of drug-likeness (QED) is 0.588. The van der Waals surface area contributed by atoms with Crippen LogP contribution in [-0.2, 0) is 19.6 Å². The normalized spacial score (nSPS) is 14.0. The van der Waals surface area contributed by atoms with E-state index in [2.05, 4.69) is 16.0 Å². The predicted molar refractivity (Wildman–Crippen MR) is 90.9 cm³/mol. The molecule has 2 aromatic carbocycles. The van der Waals surface area contributed by atoms with Gasteiger partial charge in [0.2, 0.25) is 0 Å². The zero-order valence-corrected chi connectivity index (χ0v) is 13.3. The number of nitrogens with one attached hydrogen (secondary N) is 1. The van der Waals surface area contributed by atoms with Gasteiger partial charge in [0.25, 0.3) is 5.69 Å². The fraction of sp³-hybridized carbons (Fsp3) is 0.222. The summed E-state index contributed by atoms with van der Waals surface area (Å²) >= 11 is 0. The summed E-state index contributed by atoms with van der Waals surface area (Å²) in [5, 5.41) is 11.9. The van der Waals surface area contributed by atoms with Gasteiger partial charge in [-0.05, 0) is 23.3 Å². The first-order valence-corrected chi connectivity index (χ1v) is 7.77. The highest BCUT2D eigenvalue weighted by Gasteiger charge is 2.23. The largest absolute Gasteiger partial charge is 0.496 e. The van der Waals surface area contributed by atoms with Crippen LogP contribution in [0.1, 0.15) is 16.7 Å². The lowest BCUT2D eigenvalue weighted by Gasteiger charge is -2.14. The van der Waals surface area contributed by atoms with E-state index in [9.17, 15) is 10.1 Å². The van der Waals surface area contributed by atoms with Crippen molar-refractivity contribution in [1.82, 2.24) is 9.88 Å². The molecule has 0 fully saturated rings. The third kappa shape index (κ3) is 2.41. The van der Waals surface area contributed by atoms with Gasteiger partial charge in [-0.15, -0.1) is 0 Å². The molecule has 1 aromatic heterocycles. The highest BCUT2D eigenvalue weighted by atomic mass is 16.6. The van der Waals surface area contributed by atoms with Gasteiger partial charge in [0.1, 0.15) is 5.75 Å². The number of rotatable bonds is 4. The second-order valence-electron chi connectivity index (χ2n) is 6.04. The molecule has 4 rings (SSSR count). The van der Waals surface area contributed by atoms with Crippen molar-refractivity contribution in [2.24, 2.45) is 0 Å². The number of benzene rings is 2. The molecule has 24 heavy (non-hydrogen) atoms. The van der Waals surface area contributed by atoms with Crippen LogP contribution in [0.15, 0.2) is 42.6 Å². The number of nitrogens with zero attached hydrogens (tertiary/aromatic N) is 2. The average molecular weight is 323 g/mol. The number of H-pyrrole nitrogens is 1. The zero-order chi connectivity index (χ0) is 16.7. The monoisotopic (exact) mass is 323 g/mol. The number of fused-ring (bicyclic) bond motifs is 2. The van der Waals surface area contributed by atoms with Crippen molar-refractivity contribution in [2.45, 2.75) is 19.6 Å². The van der Waals surface area contributed by atoms with E-state index < -0.39 is 0 Å². The Morgan fingerprint density at radius 3 is 2.96 bits per heavy atom. The maximum Gasteiger partial charge on any atom is 0.270 e. The second-order valence-corrected chi connectivity index (χ2v) is 6.04. The number of nitro benzene ring substituents is 1. The van der Waals surface area contributed by atoms with Crippen molar-refractivity contribution in [3.63, 3.8) is 0 Å². The number of aromatic nitrogens is 1. The molecule has 0 unspecified atom stereocenters. The van der Waals surface area contributed by atoms with E-state index in [1.807, 2.05) is 18.3 Å². The molecular formula is C18H17N3O3. The minimum Gasteiger partial charge on any atom is -0.496 e. The smallest absolute Gasteiger partial charge is 0.270 e. The molecule has 6 heteroatoms. The minimum absolute atomic E-state index is 0.120. The second kappa shape index (κ2) is 5.65. The Morgan fingerprint density at radius 1 is 1.29 bits per heavy atom. The molecule has 3 aromatic rings. The van der Waals surface area contributed by atoms with Gasteiger partial charge in [-0.25, -0.2) is 0 Å². The van der Waals surface area contributed by atoms with Crippen LogP contribution < -0.4 is 4.74 Å². The van der Waals surface area contributed by atoms with Gasteiger partial charge < -0.3 is 9.72 Å². The molecule has 0 saturated carbocycles.